The predicted molar refractivity (Wildman–Crippen MR) is 99.9 cm³/mol. The van der Waals surface area contributed by atoms with Gasteiger partial charge in [-0.05, 0) is 29.8 Å². The lowest BCUT2D eigenvalue weighted by atomic mass is 9.89. The van der Waals surface area contributed by atoms with E-state index in [0.29, 0.717) is 11.6 Å². The molecular formula is C20H19N3O4. The SMILES string of the molecule is COc1cccc(-n2cnc3c2[C@H](c2ccc(OC)c(O)c2)CC(=O)N3)c1. The van der Waals surface area contributed by atoms with E-state index in [9.17, 15) is 9.90 Å². The number of hydrogen-bond acceptors (Lipinski definition) is 5. The van der Waals surface area contributed by atoms with Crippen LogP contribution in [-0.2, 0) is 4.79 Å². The molecule has 1 aliphatic heterocycles. The van der Waals surface area contributed by atoms with E-state index in [1.54, 1.807) is 25.6 Å². The normalized spacial score (nSPS) is 15.8. The van der Waals surface area contributed by atoms with Crippen LogP contribution in [0.15, 0.2) is 48.8 Å². The fraction of sp³-hybridized carbons (Fsp3) is 0.200. The molecule has 0 aliphatic carbocycles. The zero-order valence-electron chi connectivity index (χ0n) is 15.0. The molecule has 7 heteroatoms. The first kappa shape index (κ1) is 17.0. The number of phenols is 1. The third-order valence-electron chi connectivity index (χ3n) is 4.72. The summed E-state index contributed by atoms with van der Waals surface area (Å²) >= 11 is 0. The Balaban J connectivity index is 1.84. The Morgan fingerprint density at radius 1 is 1.19 bits per heavy atom. The average Bonchev–Trinajstić information content (AvgIpc) is 3.11. The predicted octanol–water partition coefficient (Wildman–Crippen LogP) is 3.07. The summed E-state index contributed by atoms with van der Waals surface area (Å²) in [5, 5.41) is 13.0. The number of aromatic nitrogens is 2. The number of benzene rings is 2. The number of aromatic hydroxyl groups is 1. The topological polar surface area (TPSA) is 85.6 Å². The Labute approximate surface area is 156 Å². The third kappa shape index (κ3) is 2.97. The number of amides is 1. The second kappa shape index (κ2) is 6.68. The van der Waals surface area contributed by atoms with E-state index < -0.39 is 0 Å². The molecule has 138 valence electrons. The van der Waals surface area contributed by atoms with Crippen LogP contribution in [0.5, 0.6) is 17.2 Å². The molecule has 4 rings (SSSR count). The molecule has 0 saturated heterocycles. The van der Waals surface area contributed by atoms with E-state index in [4.69, 9.17) is 9.47 Å². The minimum Gasteiger partial charge on any atom is -0.504 e. The number of carbonyl (C=O) groups excluding carboxylic acids is 1. The number of imidazole rings is 1. The average molecular weight is 365 g/mol. The summed E-state index contributed by atoms with van der Waals surface area (Å²) in [6.45, 7) is 0. The van der Waals surface area contributed by atoms with E-state index in [1.165, 1.54) is 7.11 Å². The quantitative estimate of drug-likeness (QED) is 0.742. The monoisotopic (exact) mass is 365 g/mol. The molecule has 0 saturated carbocycles. The van der Waals surface area contributed by atoms with E-state index in [2.05, 4.69) is 10.3 Å². The number of ether oxygens (including phenoxy) is 2. The van der Waals surface area contributed by atoms with Gasteiger partial charge in [-0.2, -0.15) is 0 Å². The number of anilines is 1. The molecule has 7 nitrogen and oxygen atoms in total. The zero-order chi connectivity index (χ0) is 19.0. The number of rotatable bonds is 4. The van der Waals surface area contributed by atoms with E-state index in [0.717, 1.165) is 22.7 Å². The second-order valence-corrected chi connectivity index (χ2v) is 6.29. The van der Waals surface area contributed by atoms with Gasteiger partial charge in [0, 0.05) is 18.4 Å². The van der Waals surface area contributed by atoms with Crippen molar-refractivity contribution in [1.82, 2.24) is 9.55 Å². The highest BCUT2D eigenvalue weighted by Crippen LogP contribution is 2.40. The molecule has 0 fully saturated rings. The summed E-state index contributed by atoms with van der Waals surface area (Å²) in [5.74, 6) is 1.32. The van der Waals surface area contributed by atoms with E-state index in [-0.39, 0.29) is 24.0 Å². The minimum absolute atomic E-state index is 0.0370. The lowest BCUT2D eigenvalue weighted by molar-refractivity contribution is -0.116. The van der Waals surface area contributed by atoms with Crippen LogP contribution < -0.4 is 14.8 Å². The smallest absolute Gasteiger partial charge is 0.226 e. The van der Waals surface area contributed by atoms with E-state index >= 15 is 0 Å². The first-order valence-electron chi connectivity index (χ1n) is 8.49. The number of nitrogens with one attached hydrogen (secondary N) is 1. The highest BCUT2D eigenvalue weighted by Gasteiger charge is 2.31. The van der Waals surface area contributed by atoms with Crippen LogP contribution in [0.2, 0.25) is 0 Å². The standard InChI is InChI=1S/C20H19N3O4/c1-26-14-5-3-4-13(9-14)23-11-21-20-19(23)15(10-18(25)22-20)12-6-7-17(27-2)16(24)8-12/h3-9,11,15,24H,10H2,1-2H3,(H,22,25)/t15-/m0/s1. The summed E-state index contributed by atoms with van der Waals surface area (Å²) in [7, 11) is 3.12. The fourth-order valence-corrected chi connectivity index (χ4v) is 3.42. The van der Waals surface area contributed by atoms with Crippen molar-refractivity contribution in [3.05, 3.63) is 60.0 Å². The van der Waals surface area contributed by atoms with Gasteiger partial charge in [-0.15, -0.1) is 0 Å². The van der Waals surface area contributed by atoms with Gasteiger partial charge in [0.15, 0.2) is 17.3 Å². The molecule has 1 atom stereocenters. The van der Waals surface area contributed by atoms with Gasteiger partial charge in [-0.3, -0.25) is 4.79 Å². The lowest BCUT2D eigenvalue weighted by Crippen LogP contribution is -2.25. The zero-order valence-corrected chi connectivity index (χ0v) is 15.0. The van der Waals surface area contributed by atoms with Crippen molar-refractivity contribution >= 4 is 11.7 Å². The van der Waals surface area contributed by atoms with Crippen molar-refractivity contribution in [2.45, 2.75) is 12.3 Å². The third-order valence-corrected chi connectivity index (χ3v) is 4.72. The molecule has 1 aromatic heterocycles. The number of nitrogens with zero attached hydrogens (tertiary/aromatic N) is 2. The molecule has 2 aromatic carbocycles. The van der Waals surface area contributed by atoms with Crippen LogP contribution in [0, 0.1) is 0 Å². The maximum absolute atomic E-state index is 12.2. The lowest BCUT2D eigenvalue weighted by Gasteiger charge is -2.25. The van der Waals surface area contributed by atoms with Crippen LogP contribution in [0.4, 0.5) is 5.82 Å². The van der Waals surface area contributed by atoms with E-state index in [1.807, 2.05) is 34.9 Å². The number of fused-ring (bicyclic) bond motifs is 1. The number of carbonyl (C=O) groups is 1. The van der Waals surface area contributed by atoms with Gasteiger partial charge in [0.05, 0.1) is 25.6 Å². The van der Waals surface area contributed by atoms with Crippen molar-refractivity contribution in [2.24, 2.45) is 0 Å². The molecular weight excluding hydrogens is 346 g/mol. The molecule has 1 aliphatic rings. The summed E-state index contributed by atoms with van der Waals surface area (Å²) in [4.78, 5) is 16.6. The van der Waals surface area contributed by atoms with Crippen molar-refractivity contribution in [1.29, 1.82) is 0 Å². The second-order valence-electron chi connectivity index (χ2n) is 6.29. The van der Waals surface area contributed by atoms with Gasteiger partial charge < -0.3 is 24.5 Å². The molecule has 27 heavy (non-hydrogen) atoms. The summed E-state index contributed by atoms with van der Waals surface area (Å²) in [6.07, 6.45) is 1.94. The van der Waals surface area contributed by atoms with Crippen LogP contribution in [-0.4, -0.2) is 34.8 Å². The molecule has 2 N–H and O–H groups in total. The molecule has 0 radical (unpaired) electrons. The highest BCUT2D eigenvalue weighted by molar-refractivity contribution is 5.94. The summed E-state index contributed by atoms with van der Waals surface area (Å²) in [5.41, 5.74) is 2.54. The Bertz CT molecular complexity index is 1010. The number of methoxy groups -OCH3 is 2. The summed E-state index contributed by atoms with van der Waals surface area (Å²) in [6, 6.07) is 12.8. The molecule has 1 amide bonds. The Kier molecular flexibility index (Phi) is 4.19. The molecule has 0 bridgehead atoms. The van der Waals surface area contributed by atoms with Gasteiger partial charge in [0.2, 0.25) is 5.91 Å². The maximum atomic E-state index is 12.2. The van der Waals surface area contributed by atoms with Gasteiger partial charge in [-0.1, -0.05) is 12.1 Å². The molecule has 2 heterocycles. The fourth-order valence-electron chi connectivity index (χ4n) is 3.42. The van der Waals surface area contributed by atoms with Crippen molar-refractivity contribution in [3.63, 3.8) is 0 Å². The molecule has 0 unspecified atom stereocenters. The van der Waals surface area contributed by atoms with Gasteiger partial charge in [0.25, 0.3) is 0 Å². The van der Waals surface area contributed by atoms with Crippen molar-refractivity contribution in [3.8, 4) is 22.9 Å². The van der Waals surface area contributed by atoms with Crippen LogP contribution in [0.3, 0.4) is 0 Å². The van der Waals surface area contributed by atoms with Crippen molar-refractivity contribution < 1.29 is 19.4 Å². The Hall–Kier alpha value is -3.48. The maximum Gasteiger partial charge on any atom is 0.226 e. The number of hydrogen-bond donors (Lipinski definition) is 2. The Morgan fingerprint density at radius 2 is 2.04 bits per heavy atom. The number of phenolic OH excluding ortho intramolecular Hbond substituents is 1. The first-order chi connectivity index (χ1) is 13.1. The Morgan fingerprint density at radius 3 is 2.78 bits per heavy atom. The van der Waals surface area contributed by atoms with Gasteiger partial charge in [-0.25, -0.2) is 4.98 Å². The van der Waals surface area contributed by atoms with Gasteiger partial charge >= 0.3 is 0 Å². The molecule has 3 aromatic rings. The van der Waals surface area contributed by atoms with Crippen LogP contribution >= 0.6 is 0 Å². The molecule has 0 spiro atoms. The van der Waals surface area contributed by atoms with Crippen molar-refractivity contribution in [2.75, 3.05) is 19.5 Å². The first-order valence-corrected chi connectivity index (χ1v) is 8.49. The largest absolute Gasteiger partial charge is 0.504 e. The van der Waals surface area contributed by atoms with Crippen LogP contribution in [0.1, 0.15) is 23.6 Å². The summed E-state index contributed by atoms with van der Waals surface area (Å²) < 4.78 is 12.4. The minimum atomic E-state index is -0.251. The van der Waals surface area contributed by atoms with Crippen LogP contribution in [0.25, 0.3) is 5.69 Å². The van der Waals surface area contributed by atoms with Gasteiger partial charge in [0.1, 0.15) is 12.1 Å². The highest BCUT2D eigenvalue weighted by atomic mass is 16.5.